The van der Waals surface area contributed by atoms with E-state index in [0.29, 0.717) is 29.1 Å². The van der Waals surface area contributed by atoms with Crippen molar-refractivity contribution >= 4 is 23.2 Å². The van der Waals surface area contributed by atoms with E-state index in [1.165, 1.54) is 0 Å². The van der Waals surface area contributed by atoms with Crippen molar-refractivity contribution in [2.45, 2.75) is 26.4 Å². The lowest BCUT2D eigenvalue weighted by molar-refractivity contribution is -0.122. The maximum absolute atomic E-state index is 12.8. The number of anilines is 2. The lowest BCUT2D eigenvalue weighted by Crippen LogP contribution is -2.33. The van der Waals surface area contributed by atoms with Gasteiger partial charge in [0, 0.05) is 5.69 Å². The lowest BCUT2D eigenvalue weighted by Gasteiger charge is -2.18. The molecule has 3 rings (SSSR count). The number of carbonyl (C=O) groups is 2. The van der Waals surface area contributed by atoms with Crippen molar-refractivity contribution < 1.29 is 14.3 Å². The first-order valence-corrected chi connectivity index (χ1v) is 9.56. The molecule has 5 nitrogen and oxygen atoms in total. The van der Waals surface area contributed by atoms with Gasteiger partial charge < -0.3 is 15.4 Å². The second-order valence-corrected chi connectivity index (χ2v) is 6.68. The summed E-state index contributed by atoms with van der Waals surface area (Å²) in [7, 11) is 0. The molecule has 148 valence electrons. The fourth-order valence-electron chi connectivity index (χ4n) is 2.83. The fourth-order valence-corrected chi connectivity index (χ4v) is 2.83. The first-order valence-electron chi connectivity index (χ1n) is 9.56. The highest BCUT2D eigenvalue weighted by atomic mass is 16.5. The molecule has 3 aromatic carbocycles. The van der Waals surface area contributed by atoms with Crippen LogP contribution in [0.5, 0.6) is 5.75 Å². The normalized spacial score (nSPS) is 11.4. The number of benzene rings is 3. The van der Waals surface area contributed by atoms with Crippen molar-refractivity contribution in [3.05, 3.63) is 90.0 Å². The van der Waals surface area contributed by atoms with Gasteiger partial charge in [-0.1, -0.05) is 55.0 Å². The molecule has 1 atom stereocenters. The van der Waals surface area contributed by atoms with E-state index in [0.717, 1.165) is 5.56 Å². The summed E-state index contributed by atoms with van der Waals surface area (Å²) in [6.07, 6.45) is -0.166. The van der Waals surface area contributed by atoms with E-state index in [1.807, 2.05) is 68.4 Å². The maximum atomic E-state index is 12.8. The van der Waals surface area contributed by atoms with Crippen LogP contribution >= 0.6 is 0 Å². The molecule has 29 heavy (non-hydrogen) atoms. The summed E-state index contributed by atoms with van der Waals surface area (Å²) in [4.78, 5) is 25.5. The molecule has 0 aromatic heterocycles. The van der Waals surface area contributed by atoms with E-state index in [9.17, 15) is 9.59 Å². The molecule has 3 aromatic rings. The zero-order chi connectivity index (χ0) is 20.6. The van der Waals surface area contributed by atoms with E-state index < -0.39 is 6.10 Å². The summed E-state index contributed by atoms with van der Waals surface area (Å²) in [5.41, 5.74) is 2.63. The Balaban J connectivity index is 1.72. The van der Waals surface area contributed by atoms with Gasteiger partial charge in [0.25, 0.3) is 11.8 Å². The Morgan fingerprint density at radius 3 is 2.21 bits per heavy atom. The Morgan fingerprint density at radius 2 is 1.52 bits per heavy atom. The fraction of sp³-hybridized carbons (Fsp3) is 0.167. The van der Waals surface area contributed by atoms with Crippen LogP contribution in [0.3, 0.4) is 0 Å². The molecule has 0 heterocycles. The van der Waals surface area contributed by atoms with E-state index in [-0.39, 0.29) is 11.8 Å². The Bertz CT molecular complexity index is 969. The van der Waals surface area contributed by atoms with Crippen LogP contribution in [0.1, 0.15) is 29.3 Å². The number of carbonyl (C=O) groups excluding carboxylic acids is 2. The largest absolute Gasteiger partial charge is 0.481 e. The predicted molar refractivity (Wildman–Crippen MR) is 115 cm³/mol. The minimum absolute atomic E-state index is 0.292. The summed E-state index contributed by atoms with van der Waals surface area (Å²) in [5, 5.41) is 5.67. The molecule has 2 amide bonds. The second kappa shape index (κ2) is 9.55. The van der Waals surface area contributed by atoms with E-state index in [4.69, 9.17) is 4.74 Å². The Morgan fingerprint density at radius 1 is 0.862 bits per heavy atom. The molecule has 0 saturated carbocycles. The molecule has 0 fully saturated rings. The van der Waals surface area contributed by atoms with Crippen molar-refractivity contribution in [2.75, 3.05) is 10.6 Å². The zero-order valence-electron chi connectivity index (χ0n) is 16.5. The summed E-state index contributed by atoms with van der Waals surface area (Å²) >= 11 is 0. The van der Waals surface area contributed by atoms with Gasteiger partial charge in [0.2, 0.25) is 0 Å². The average Bonchev–Trinajstić information content (AvgIpc) is 2.74. The van der Waals surface area contributed by atoms with Crippen LogP contribution in [0.4, 0.5) is 11.4 Å². The summed E-state index contributed by atoms with van der Waals surface area (Å²) in [5.74, 6) is 0.0420. The average molecular weight is 388 g/mol. The highest BCUT2D eigenvalue weighted by Gasteiger charge is 2.21. The van der Waals surface area contributed by atoms with Crippen molar-refractivity contribution in [2.24, 2.45) is 0 Å². The molecule has 0 saturated heterocycles. The number of nitrogens with one attached hydrogen (secondary N) is 2. The zero-order valence-corrected chi connectivity index (χ0v) is 16.5. The van der Waals surface area contributed by atoms with Crippen molar-refractivity contribution in [3.8, 4) is 5.75 Å². The molecule has 5 heteroatoms. The number of ether oxygens (including phenoxy) is 1. The minimum Gasteiger partial charge on any atom is -0.481 e. The molecule has 0 aliphatic carbocycles. The van der Waals surface area contributed by atoms with Crippen LogP contribution in [0, 0.1) is 6.92 Å². The van der Waals surface area contributed by atoms with Gasteiger partial charge in [0.15, 0.2) is 6.10 Å². The van der Waals surface area contributed by atoms with Gasteiger partial charge in [-0.15, -0.1) is 0 Å². The number of hydrogen-bond acceptors (Lipinski definition) is 3. The van der Waals surface area contributed by atoms with Gasteiger partial charge in [0.05, 0.1) is 11.3 Å². The first-order chi connectivity index (χ1) is 14.1. The molecule has 0 aliphatic rings. The number of aryl methyl sites for hydroxylation is 1. The van der Waals surface area contributed by atoms with Crippen molar-refractivity contribution in [1.82, 2.24) is 0 Å². The number of para-hydroxylation sites is 2. The van der Waals surface area contributed by atoms with Crippen molar-refractivity contribution in [3.63, 3.8) is 0 Å². The molecule has 0 radical (unpaired) electrons. The van der Waals surface area contributed by atoms with Gasteiger partial charge in [-0.05, 0) is 49.7 Å². The molecular weight excluding hydrogens is 364 g/mol. The molecule has 0 bridgehead atoms. The lowest BCUT2D eigenvalue weighted by atomic mass is 10.1. The topological polar surface area (TPSA) is 67.4 Å². The summed E-state index contributed by atoms with van der Waals surface area (Å²) in [6, 6.07) is 23.6. The van der Waals surface area contributed by atoms with E-state index in [1.54, 1.807) is 24.3 Å². The van der Waals surface area contributed by atoms with Crippen LogP contribution in [0.15, 0.2) is 78.9 Å². The smallest absolute Gasteiger partial charge is 0.265 e. The van der Waals surface area contributed by atoms with Crippen molar-refractivity contribution in [1.29, 1.82) is 0 Å². The van der Waals surface area contributed by atoms with Gasteiger partial charge in [-0.2, -0.15) is 0 Å². The first kappa shape index (κ1) is 20.1. The molecule has 0 aliphatic heterocycles. The maximum Gasteiger partial charge on any atom is 0.265 e. The third-order valence-electron chi connectivity index (χ3n) is 4.42. The summed E-state index contributed by atoms with van der Waals surface area (Å²) < 4.78 is 5.84. The minimum atomic E-state index is -0.664. The molecule has 0 spiro atoms. The third-order valence-corrected chi connectivity index (χ3v) is 4.42. The van der Waals surface area contributed by atoms with Gasteiger partial charge in [-0.25, -0.2) is 0 Å². The highest BCUT2D eigenvalue weighted by molar-refractivity contribution is 6.10. The summed E-state index contributed by atoms with van der Waals surface area (Å²) in [6.45, 7) is 3.87. The van der Waals surface area contributed by atoms with E-state index in [2.05, 4.69) is 10.6 Å². The van der Waals surface area contributed by atoms with Gasteiger partial charge in [-0.3, -0.25) is 9.59 Å². The highest BCUT2D eigenvalue weighted by Crippen LogP contribution is 2.20. The number of rotatable bonds is 7. The Labute approximate surface area is 170 Å². The Hall–Kier alpha value is -3.60. The van der Waals surface area contributed by atoms with Gasteiger partial charge in [0.1, 0.15) is 5.75 Å². The predicted octanol–water partition coefficient (Wildman–Crippen LogP) is 5.04. The van der Waals surface area contributed by atoms with Crippen LogP contribution in [0.25, 0.3) is 0 Å². The third kappa shape index (κ3) is 5.45. The molecular formula is C24H24N2O3. The van der Waals surface area contributed by atoms with E-state index >= 15 is 0 Å². The van der Waals surface area contributed by atoms with Crippen LogP contribution in [-0.2, 0) is 4.79 Å². The SMILES string of the molecule is CC[C@H](Oc1ccc(C)cc1)C(=O)Nc1ccccc1C(=O)Nc1ccccc1. The standard InChI is InChI=1S/C24H24N2O3/c1-3-22(29-19-15-13-17(2)14-16-19)24(28)26-21-12-8-7-11-20(21)23(27)25-18-9-5-4-6-10-18/h4-16,22H,3H2,1-2H3,(H,25,27)(H,26,28)/t22-/m0/s1. The quantitative estimate of drug-likeness (QED) is 0.596. The van der Waals surface area contributed by atoms with Crippen LogP contribution in [-0.4, -0.2) is 17.9 Å². The number of amides is 2. The van der Waals surface area contributed by atoms with Crippen LogP contribution in [0.2, 0.25) is 0 Å². The van der Waals surface area contributed by atoms with Gasteiger partial charge >= 0.3 is 0 Å². The Kier molecular flexibility index (Phi) is 6.63. The monoisotopic (exact) mass is 388 g/mol. The molecule has 0 unspecified atom stereocenters. The molecule has 2 N–H and O–H groups in total. The number of hydrogen-bond donors (Lipinski definition) is 2. The second-order valence-electron chi connectivity index (χ2n) is 6.68. The van der Waals surface area contributed by atoms with Crippen LogP contribution < -0.4 is 15.4 Å².